The number of rotatable bonds is 5. The van der Waals surface area contributed by atoms with Crippen LogP contribution in [-0.2, 0) is 14.3 Å². The summed E-state index contributed by atoms with van der Waals surface area (Å²) in [6.45, 7) is 6.69. The number of esters is 1. The Labute approximate surface area is 156 Å². The number of carbonyl (C=O) groups is 1. The predicted molar refractivity (Wildman–Crippen MR) is 105 cm³/mol. The van der Waals surface area contributed by atoms with E-state index >= 15 is 0 Å². The third kappa shape index (κ3) is 3.93. The van der Waals surface area contributed by atoms with Crippen molar-refractivity contribution < 1.29 is 14.3 Å². The van der Waals surface area contributed by atoms with Gasteiger partial charge in [0.25, 0.3) is 0 Å². The minimum Gasteiger partial charge on any atom is -0.460 e. The molecule has 0 aliphatic heterocycles. The summed E-state index contributed by atoms with van der Waals surface area (Å²) in [6, 6.07) is 14.1. The maximum Gasteiger partial charge on any atom is 0.340 e. The van der Waals surface area contributed by atoms with Gasteiger partial charge < -0.3 is 9.47 Å². The van der Waals surface area contributed by atoms with Gasteiger partial charge in [-0.3, -0.25) is 0 Å². The molecule has 2 aromatic rings. The van der Waals surface area contributed by atoms with Gasteiger partial charge in [0, 0.05) is 7.11 Å². The monoisotopic (exact) mass is 354 g/mol. The Morgan fingerprint density at radius 3 is 2.54 bits per heavy atom. The molecular weight excluding hydrogens is 324 g/mol. The number of ether oxygens (including phenoxy) is 2. The molecule has 0 bridgehead atoms. The number of fused-ring (bicyclic) bond motifs is 1. The van der Waals surface area contributed by atoms with Crippen molar-refractivity contribution in [2.75, 3.05) is 7.11 Å². The first-order chi connectivity index (χ1) is 12.5. The van der Waals surface area contributed by atoms with Crippen molar-refractivity contribution >= 4 is 16.7 Å². The molecule has 0 spiro atoms. The second kappa shape index (κ2) is 8.22. The van der Waals surface area contributed by atoms with E-state index in [1.165, 1.54) is 6.42 Å². The highest BCUT2D eigenvalue weighted by molar-refractivity contribution is 5.90. The molecule has 3 nitrogen and oxygen atoms in total. The summed E-state index contributed by atoms with van der Waals surface area (Å²) in [5.74, 6) is 1.27. The van der Waals surface area contributed by atoms with Gasteiger partial charge >= 0.3 is 5.97 Å². The number of carbonyl (C=O) groups excluding carboxylic acids is 1. The minimum atomic E-state index is -0.689. The Hall–Kier alpha value is -1.87. The standard InChI is InChI=1S/C23H30O3/c1-15(2)18-13-12-16(3)14-21(18)26-23(24)22(25-4)20-11-7-9-17-8-5-6-10-19(17)20/h5-11,15-16,18,21-22H,12-14H2,1-4H3/t16-,18+,21-,22?/m1/s1. The van der Waals surface area contributed by atoms with E-state index in [1.807, 2.05) is 30.3 Å². The number of methoxy groups -OCH3 is 1. The van der Waals surface area contributed by atoms with E-state index in [9.17, 15) is 4.79 Å². The summed E-state index contributed by atoms with van der Waals surface area (Å²) in [4.78, 5) is 13.0. The van der Waals surface area contributed by atoms with Gasteiger partial charge in [0.05, 0.1) is 0 Å². The fourth-order valence-corrected chi connectivity index (χ4v) is 4.29. The minimum absolute atomic E-state index is 0.0149. The normalized spacial score (nSPS) is 24.6. The average molecular weight is 354 g/mol. The summed E-state index contributed by atoms with van der Waals surface area (Å²) < 4.78 is 11.6. The molecule has 1 unspecified atom stereocenters. The van der Waals surface area contributed by atoms with Crippen molar-refractivity contribution in [1.82, 2.24) is 0 Å². The van der Waals surface area contributed by atoms with Crippen LogP contribution in [0.25, 0.3) is 10.8 Å². The fourth-order valence-electron chi connectivity index (χ4n) is 4.29. The lowest BCUT2D eigenvalue weighted by Gasteiger charge is -2.37. The quantitative estimate of drug-likeness (QED) is 0.662. The first-order valence-electron chi connectivity index (χ1n) is 9.72. The molecule has 140 valence electrons. The Balaban J connectivity index is 1.84. The van der Waals surface area contributed by atoms with E-state index in [2.05, 4.69) is 32.9 Å². The molecule has 2 aromatic carbocycles. The first kappa shape index (κ1) is 18.9. The molecule has 1 aliphatic rings. The van der Waals surface area contributed by atoms with Gasteiger partial charge in [-0.1, -0.05) is 69.7 Å². The van der Waals surface area contributed by atoms with Crippen LogP contribution < -0.4 is 0 Å². The predicted octanol–water partition coefficient (Wildman–Crippen LogP) is 5.53. The maximum absolute atomic E-state index is 13.0. The van der Waals surface area contributed by atoms with Crippen molar-refractivity contribution in [1.29, 1.82) is 0 Å². The highest BCUT2D eigenvalue weighted by Gasteiger charge is 2.35. The summed E-state index contributed by atoms with van der Waals surface area (Å²) in [7, 11) is 1.58. The molecule has 3 heteroatoms. The highest BCUT2D eigenvalue weighted by Crippen LogP contribution is 2.36. The van der Waals surface area contributed by atoms with Gasteiger partial charge in [-0.25, -0.2) is 4.79 Å². The highest BCUT2D eigenvalue weighted by atomic mass is 16.6. The van der Waals surface area contributed by atoms with Crippen molar-refractivity contribution in [3.8, 4) is 0 Å². The van der Waals surface area contributed by atoms with Crippen LogP contribution in [0, 0.1) is 17.8 Å². The van der Waals surface area contributed by atoms with Gasteiger partial charge in [0.2, 0.25) is 0 Å². The molecule has 3 rings (SSSR count). The lowest BCUT2D eigenvalue weighted by atomic mass is 9.75. The van der Waals surface area contributed by atoms with E-state index in [0.29, 0.717) is 17.8 Å². The SMILES string of the molecule is COC(C(=O)O[C@@H]1C[C@H](C)CC[C@H]1C(C)C)c1cccc2ccccc12. The summed E-state index contributed by atoms with van der Waals surface area (Å²) in [5, 5.41) is 2.14. The topological polar surface area (TPSA) is 35.5 Å². The zero-order valence-corrected chi connectivity index (χ0v) is 16.3. The van der Waals surface area contributed by atoms with Crippen molar-refractivity contribution in [3.05, 3.63) is 48.0 Å². The maximum atomic E-state index is 13.0. The van der Waals surface area contributed by atoms with Crippen LogP contribution in [0.15, 0.2) is 42.5 Å². The van der Waals surface area contributed by atoms with Crippen LogP contribution in [-0.4, -0.2) is 19.2 Å². The molecule has 0 amide bonds. The van der Waals surface area contributed by atoms with Gasteiger partial charge in [0.15, 0.2) is 6.10 Å². The van der Waals surface area contributed by atoms with Gasteiger partial charge in [0.1, 0.15) is 6.10 Å². The first-order valence-corrected chi connectivity index (χ1v) is 9.72. The fraction of sp³-hybridized carbons (Fsp3) is 0.522. The zero-order valence-electron chi connectivity index (χ0n) is 16.3. The Bertz CT molecular complexity index is 747. The van der Waals surface area contributed by atoms with Crippen LogP contribution in [0.5, 0.6) is 0 Å². The van der Waals surface area contributed by atoms with E-state index < -0.39 is 6.10 Å². The molecule has 0 aromatic heterocycles. The molecule has 26 heavy (non-hydrogen) atoms. The molecule has 1 saturated carbocycles. The van der Waals surface area contributed by atoms with E-state index in [1.54, 1.807) is 7.11 Å². The van der Waals surface area contributed by atoms with Crippen LogP contribution in [0.1, 0.15) is 51.7 Å². The molecule has 0 heterocycles. The lowest BCUT2D eigenvalue weighted by molar-refractivity contribution is -0.168. The second-order valence-electron chi connectivity index (χ2n) is 7.99. The van der Waals surface area contributed by atoms with E-state index in [-0.39, 0.29) is 12.1 Å². The molecule has 0 N–H and O–H groups in total. The number of hydrogen-bond acceptors (Lipinski definition) is 3. The van der Waals surface area contributed by atoms with Gasteiger partial charge in [-0.15, -0.1) is 0 Å². The van der Waals surface area contributed by atoms with Gasteiger partial charge in [-0.2, -0.15) is 0 Å². The number of benzene rings is 2. The van der Waals surface area contributed by atoms with Crippen molar-refractivity contribution in [2.24, 2.45) is 17.8 Å². The smallest absolute Gasteiger partial charge is 0.340 e. The summed E-state index contributed by atoms with van der Waals surface area (Å²) in [6.07, 6.45) is 2.59. The largest absolute Gasteiger partial charge is 0.460 e. The Morgan fingerprint density at radius 1 is 1.08 bits per heavy atom. The van der Waals surface area contributed by atoms with Crippen LogP contribution in [0.3, 0.4) is 0 Å². The number of hydrogen-bond donors (Lipinski definition) is 0. The lowest BCUT2D eigenvalue weighted by Crippen LogP contribution is -2.37. The molecule has 0 radical (unpaired) electrons. The summed E-state index contributed by atoms with van der Waals surface area (Å²) >= 11 is 0. The third-order valence-corrected chi connectivity index (χ3v) is 5.78. The van der Waals surface area contributed by atoms with E-state index in [0.717, 1.165) is 29.2 Å². The van der Waals surface area contributed by atoms with Crippen LogP contribution in [0.2, 0.25) is 0 Å². The average Bonchev–Trinajstić information content (AvgIpc) is 2.62. The van der Waals surface area contributed by atoms with Crippen LogP contribution >= 0.6 is 0 Å². The van der Waals surface area contributed by atoms with Crippen molar-refractivity contribution in [3.63, 3.8) is 0 Å². The Kier molecular flexibility index (Phi) is 5.98. The molecule has 0 saturated heterocycles. The van der Waals surface area contributed by atoms with Crippen LogP contribution in [0.4, 0.5) is 0 Å². The van der Waals surface area contributed by atoms with Gasteiger partial charge in [-0.05, 0) is 46.9 Å². The molecular formula is C23H30O3. The second-order valence-corrected chi connectivity index (χ2v) is 7.99. The summed E-state index contributed by atoms with van der Waals surface area (Å²) in [5.41, 5.74) is 0.876. The molecule has 1 aliphatic carbocycles. The Morgan fingerprint density at radius 2 is 1.81 bits per heavy atom. The van der Waals surface area contributed by atoms with Crippen molar-refractivity contribution in [2.45, 2.75) is 52.2 Å². The molecule has 1 fully saturated rings. The third-order valence-electron chi connectivity index (χ3n) is 5.78. The zero-order chi connectivity index (χ0) is 18.7. The van der Waals surface area contributed by atoms with E-state index in [4.69, 9.17) is 9.47 Å². The molecule has 4 atom stereocenters.